The zero-order valence-corrected chi connectivity index (χ0v) is 6.32. The number of nitrogens with two attached hydrogens (primary N) is 1. The standard InChI is InChI=1S/C3H3N7O2.H3N/c4-2-1(6-12-7-2)3-5-8-9-10(3)11;/h11H,(H2,4,7);1H3. The lowest BCUT2D eigenvalue weighted by molar-refractivity contribution is 0.146. The van der Waals surface area contributed by atoms with Crippen molar-refractivity contribution in [3.63, 3.8) is 0 Å². The summed E-state index contributed by atoms with van der Waals surface area (Å²) < 4.78 is 4.28. The molecule has 0 spiro atoms. The number of hydrogen-bond donors (Lipinski definition) is 3. The van der Waals surface area contributed by atoms with Gasteiger partial charge in [0.1, 0.15) is 0 Å². The summed E-state index contributed by atoms with van der Waals surface area (Å²) >= 11 is 0. The smallest absolute Gasteiger partial charge is 0.248 e. The van der Waals surface area contributed by atoms with E-state index >= 15 is 0 Å². The Balaban J connectivity index is 0.000000845. The van der Waals surface area contributed by atoms with Gasteiger partial charge in [0, 0.05) is 0 Å². The monoisotopic (exact) mass is 186 g/mol. The largest absolute Gasteiger partial charge is 0.409 e. The zero-order valence-electron chi connectivity index (χ0n) is 6.32. The van der Waals surface area contributed by atoms with E-state index in [9.17, 15) is 0 Å². The Morgan fingerprint density at radius 2 is 2.15 bits per heavy atom. The third-order valence-electron chi connectivity index (χ3n) is 1.18. The van der Waals surface area contributed by atoms with Crippen molar-refractivity contribution in [1.29, 1.82) is 0 Å². The molecule has 0 amide bonds. The summed E-state index contributed by atoms with van der Waals surface area (Å²) in [4.78, 5) is 0.426. The van der Waals surface area contributed by atoms with Crippen molar-refractivity contribution in [2.24, 2.45) is 0 Å². The van der Waals surface area contributed by atoms with E-state index < -0.39 is 0 Å². The van der Waals surface area contributed by atoms with Gasteiger partial charge < -0.3 is 17.1 Å². The van der Waals surface area contributed by atoms with Crippen LogP contribution in [0.15, 0.2) is 4.63 Å². The molecule has 2 aromatic heterocycles. The van der Waals surface area contributed by atoms with Crippen LogP contribution in [0.25, 0.3) is 11.5 Å². The molecule has 6 N–H and O–H groups in total. The van der Waals surface area contributed by atoms with Crippen molar-refractivity contribution in [1.82, 2.24) is 36.8 Å². The first-order chi connectivity index (χ1) is 5.79. The van der Waals surface area contributed by atoms with Gasteiger partial charge in [0.05, 0.1) is 0 Å². The number of aromatic nitrogens is 6. The molecule has 0 unspecified atom stereocenters. The van der Waals surface area contributed by atoms with Gasteiger partial charge in [-0.25, -0.2) is 4.63 Å². The van der Waals surface area contributed by atoms with Crippen molar-refractivity contribution in [2.45, 2.75) is 0 Å². The van der Waals surface area contributed by atoms with Gasteiger partial charge in [0.15, 0.2) is 5.82 Å². The molecule has 0 aromatic carbocycles. The van der Waals surface area contributed by atoms with E-state index in [0.29, 0.717) is 4.85 Å². The molecule has 0 aliphatic carbocycles. The Hall–Kier alpha value is -2.23. The van der Waals surface area contributed by atoms with Crippen LogP contribution in [0.3, 0.4) is 0 Å². The molecule has 0 radical (unpaired) electrons. The second kappa shape index (κ2) is 3.02. The maximum Gasteiger partial charge on any atom is 0.248 e. The highest BCUT2D eigenvalue weighted by molar-refractivity contribution is 5.61. The minimum Gasteiger partial charge on any atom is -0.409 e. The third kappa shape index (κ3) is 1.24. The van der Waals surface area contributed by atoms with Crippen molar-refractivity contribution < 1.29 is 9.84 Å². The van der Waals surface area contributed by atoms with Crippen LogP contribution in [0.2, 0.25) is 0 Å². The zero-order chi connectivity index (χ0) is 8.55. The fraction of sp³-hybridized carbons (Fsp3) is 0. The molecule has 0 saturated carbocycles. The quantitative estimate of drug-likeness (QED) is 0.459. The highest BCUT2D eigenvalue weighted by Crippen LogP contribution is 2.16. The molecular weight excluding hydrogens is 180 g/mol. The highest BCUT2D eigenvalue weighted by atomic mass is 16.6. The minimum atomic E-state index is -0.0197. The van der Waals surface area contributed by atoms with Crippen molar-refractivity contribution in [2.75, 3.05) is 5.73 Å². The number of rotatable bonds is 1. The number of nitrogens with zero attached hydrogens (tertiary/aromatic N) is 6. The highest BCUT2D eigenvalue weighted by Gasteiger charge is 2.16. The van der Waals surface area contributed by atoms with E-state index in [1.54, 1.807) is 0 Å². The fourth-order valence-electron chi connectivity index (χ4n) is 0.675. The van der Waals surface area contributed by atoms with E-state index in [4.69, 9.17) is 10.9 Å². The molecule has 10 heteroatoms. The van der Waals surface area contributed by atoms with Gasteiger partial charge in [-0.1, -0.05) is 4.85 Å². The van der Waals surface area contributed by atoms with Gasteiger partial charge >= 0.3 is 0 Å². The molecule has 70 valence electrons. The van der Waals surface area contributed by atoms with E-state index in [1.165, 1.54) is 0 Å². The van der Waals surface area contributed by atoms with Crippen LogP contribution in [0.5, 0.6) is 0 Å². The number of nitrogen functional groups attached to an aromatic ring is 1. The van der Waals surface area contributed by atoms with Crippen molar-refractivity contribution in [3.05, 3.63) is 0 Å². The molecule has 2 aromatic rings. The number of hydrogen-bond acceptors (Lipinski definition) is 9. The first-order valence-electron chi connectivity index (χ1n) is 2.85. The van der Waals surface area contributed by atoms with Crippen LogP contribution in [0.1, 0.15) is 0 Å². The summed E-state index contributed by atoms with van der Waals surface area (Å²) in [5.74, 6) is -0.00569. The average molecular weight is 186 g/mol. The van der Waals surface area contributed by atoms with Gasteiger partial charge in [0.2, 0.25) is 11.5 Å². The molecule has 0 aliphatic heterocycles. The summed E-state index contributed by atoms with van der Waals surface area (Å²) in [7, 11) is 0. The molecule has 0 atom stereocenters. The molecule has 0 bridgehead atoms. The molecule has 2 rings (SSSR count). The average Bonchev–Trinajstić information content (AvgIpc) is 2.59. The molecule has 10 nitrogen and oxygen atoms in total. The Morgan fingerprint density at radius 3 is 2.62 bits per heavy atom. The second-order valence-corrected chi connectivity index (χ2v) is 1.89. The summed E-state index contributed by atoms with van der Waals surface area (Å²) in [5, 5.41) is 25.4. The molecule has 13 heavy (non-hydrogen) atoms. The fourth-order valence-corrected chi connectivity index (χ4v) is 0.675. The lowest BCUT2D eigenvalue weighted by atomic mass is 10.4. The normalized spacial score (nSPS) is 9.54. The first-order valence-corrected chi connectivity index (χ1v) is 2.85. The predicted molar refractivity (Wildman–Crippen MR) is 37.7 cm³/mol. The maximum absolute atomic E-state index is 8.96. The third-order valence-corrected chi connectivity index (χ3v) is 1.18. The Labute approximate surface area is 70.8 Å². The molecular formula is C3H6N8O2. The minimum absolute atomic E-state index is 0. The van der Waals surface area contributed by atoms with E-state index in [2.05, 4.69) is 30.5 Å². The summed E-state index contributed by atoms with van der Waals surface area (Å²) in [6, 6.07) is 0. The summed E-state index contributed by atoms with van der Waals surface area (Å²) in [5.41, 5.74) is 5.41. The predicted octanol–water partition coefficient (Wildman–Crippen LogP) is -1.30. The van der Waals surface area contributed by atoms with Crippen LogP contribution in [-0.2, 0) is 0 Å². The van der Waals surface area contributed by atoms with Gasteiger partial charge in [-0.3, -0.25) is 0 Å². The van der Waals surface area contributed by atoms with Crippen molar-refractivity contribution in [3.8, 4) is 11.5 Å². The van der Waals surface area contributed by atoms with E-state index in [0.717, 1.165) is 0 Å². The molecule has 0 saturated heterocycles. The summed E-state index contributed by atoms with van der Waals surface area (Å²) in [6.07, 6.45) is 0. The SMILES string of the molecule is N.Nc1nonc1-c1nnnn1O. The second-order valence-electron chi connectivity index (χ2n) is 1.89. The first kappa shape index (κ1) is 8.86. The van der Waals surface area contributed by atoms with Crippen LogP contribution < -0.4 is 11.9 Å². The van der Waals surface area contributed by atoms with Crippen LogP contribution in [-0.4, -0.2) is 35.9 Å². The Kier molecular flexibility index (Phi) is 2.06. The van der Waals surface area contributed by atoms with Crippen LogP contribution >= 0.6 is 0 Å². The van der Waals surface area contributed by atoms with Gasteiger partial charge in [0.25, 0.3) is 0 Å². The number of tetrazole rings is 1. The Morgan fingerprint density at radius 1 is 1.38 bits per heavy atom. The topological polar surface area (TPSA) is 164 Å². The van der Waals surface area contributed by atoms with Gasteiger partial charge in [-0.05, 0) is 20.7 Å². The maximum atomic E-state index is 8.96. The lowest BCUT2D eigenvalue weighted by Crippen LogP contribution is -1.98. The molecule has 0 aliphatic rings. The van der Waals surface area contributed by atoms with Gasteiger partial charge in [-0.15, -0.1) is 5.10 Å². The van der Waals surface area contributed by atoms with Crippen LogP contribution in [0.4, 0.5) is 5.82 Å². The van der Waals surface area contributed by atoms with Crippen LogP contribution in [0, 0.1) is 0 Å². The van der Waals surface area contributed by atoms with Crippen molar-refractivity contribution >= 4 is 5.82 Å². The number of anilines is 1. The molecule has 0 fully saturated rings. The molecule has 2 heterocycles. The van der Waals surface area contributed by atoms with Gasteiger partial charge in [-0.2, -0.15) is 0 Å². The van der Waals surface area contributed by atoms with E-state index in [1.807, 2.05) is 0 Å². The summed E-state index contributed by atoms with van der Waals surface area (Å²) in [6.45, 7) is 0. The lowest BCUT2D eigenvalue weighted by Gasteiger charge is -1.88. The Bertz CT molecular complexity index is 353. The van der Waals surface area contributed by atoms with E-state index in [-0.39, 0.29) is 23.5 Å².